The van der Waals surface area contributed by atoms with Crippen LogP contribution in [0.25, 0.3) is 6.08 Å². The third-order valence-corrected chi connectivity index (χ3v) is 2.99. The van der Waals surface area contributed by atoms with Crippen molar-refractivity contribution < 1.29 is 19.1 Å². The summed E-state index contributed by atoms with van der Waals surface area (Å²) in [5.41, 5.74) is 1.38. The van der Waals surface area contributed by atoms with Gasteiger partial charge in [0, 0.05) is 6.08 Å². The average molecular weight is 310 g/mol. The minimum atomic E-state index is -0.518. The molecule has 0 aromatic heterocycles. The number of esters is 2. The van der Waals surface area contributed by atoms with E-state index in [-0.39, 0.29) is 6.61 Å². The van der Waals surface area contributed by atoms with Crippen LogP contribution in [0.5, 0.6) is 0 Å². The molecule has 23 heavy (non-hydrogen) atoms. The Morgan fingerprint density at radius 3 is 2.26 bits per heavy atom. The summed E-state index contributed by atoms with van der Waals surface area (Å²) in [6.45, 7) is 1.69. The van der Waals surface area contributed by atoms with E-state index in [9.17, 15) is 9.59 Å². The van der Waals surface area contributed by atoms with E-state index in [0.29, 0.717) is 5.56 Å². The van der Waals surface area contributed by atoms with Gasteiger partial charge >= 0.3 is 11.9 Å². The lowest BCUT2D eigenvalue weighted by Crippen LogP contribution is -2.21. The predicted octanol–water partition coefficient (Wildman–Crippen LogP) is 3.49. The summed E-state index contributed by atoms with van der Waals surface area (Å²) >= 11 is 0. The van der Waals surface area contributed by atoms with E-state index < -0.39 is 18.0 Å². The van der Waals surface area contributed by atoms with E-state index in [4.69, 9.17) is 9.47 Å². The highest BCUT2D eigenvalue weighted by Crippen LogP contribution is 2.04. The van der Waals surface area contributed by atoms with E-state index in [0.717, 1.165) is 5.56 Å². The van der Waals surface area contributed by atoms with Crippen LogP contribution >= 0.6 is 0 Å². The van der Waals surface area contributed by atoms with Gasteiger partial charge in [0.25, 0.3) is 0 Å². The van der Waals surface area contributed by atoms with Gasteiger partial charge in [-0.05, 0) is 30.7 Å². The van der Waals surface area contributed by atoms with Crippen molar-refractivity contribution in [2.75, 3.05) is 6.61 Å². The van der Waals surface area contributed by atoms with Crippen molar-refractivity contribution in [3.63, 3.8) is 0 Å². The standard InChI is InChI=1S/C19H18O4/c1-15(14-22-19(21)17-10-6-3-7-11-17)23-18(20)13-12-16-8-4-2-5-9-16/h2-13,15H,14H2,1H3. The molecule has 4 nitrogen and oxygen atoms in total. The molecular weight excluding hydrogens is 292 g/mol. The van der Waals surface area contributed by atoms with Gasteiger partial charge < -0.3 is 9.47 Å². The SMILES string of the molecule is CC(COC(=O)c1ccccc1)OC(=O)C=Cc1ccccc1. The van der Waals surface area contributed by atoms with E-state index >= 15 is 0 Å². The highest BCUT2D eigenvalue weighted by molar-refractivity contribution is 5.89. The summed E-state index contributed by atoms with van der Waals surface area (Å²) in [5, 5.41) is 0. The molecule has 1 unspecified atom stereocenters. The zero-order valence-electron chi connectivity index (χ0n) is 12.8. The maximum atomic E-state index is 11.8. The second kappa shape index (κ2) is 8.54. The monoisotopic (exact) mass is 310 g/mol. The molecular formula is C19H18O4. The molecule has 4 heteroatoms. The summed E-state index contributed by atoms with van der Waals surface area (Å²) < 4.78 is 10.3. The van der Waals surface area contributed by atoms with Crippen molar-refractivity contribution in [2.24, 2.45) is 0 Å². The number of hydrogen-bond donors (Lipinski definition) is 0. The maximum Gasteiger partial charge on any atom is 0.338 e. The van der Waals surface area contributed by atoms with E-state index in [2.05, 4.69) is 0 Å². The third kappa shape index (κ3) is 5.79. The van der Waals surface area contributed by atoms with Crippen molar-refractivity contribution >= 4 is 18.0 Å². The average Bonchev–Trinajstić information content (AvgIpc) is 2.59. The first kappa shape index (κ1) is 16.5. The van der Waals surface area contributed by atoms with Crippen molar-refractivity contribution in [2.45, 2.75) is 13.0 Å². The van der Waals surface area contributed by atoms with E-state index in [1.807, 2.05) is 36.4 Å². The normalized spacial score (nSPS) is 11.9. The van der Waals surface area contributed by atoms with Crippen LogP contribution in [-0.4, -0.2) is 24.6 Å². The van der Waals surface area contributed by atoms with Crippen LogP contribution in [0.1, 0.15) is 22.8 Å². The lowest BCUT2D eigenvalue weighted by atomic mass is 10.2. The van der Waals surface area contributed by atoms with Gasteiger partial charge in [0.2, 0.25) is 0 Å². The van der Waals surface area contributed by atoms with Crippen LogP contribution < -0.4 is 0 Å². The molecule has 0 heterocycles. The van der Waals surface area contributed by atoms with Gasteiger partial charge in [-0.3, -0.25) is 0 Å². The fourth-order valence-corrected chi connectivity index (χ4v) is 1.85. The zero-order valence-corrected chi connectivity index (χ0v) is 12.8. The second-order valence-electron chi connectivity index (χ2n) is 4.96. The van der Waals surface area contributed by atoms with Crippen LogP contribution in [0, 0.1) is 0 Å². The van der Waals surface area contributed by atoms with Crippen LogP contribution in [0.15, 0.2) is 66.7 Å². The Morgan fingerprint density at radius 2 is 1.61 bits per heavy atom. The minimum Gasteiger partial charge on any atom is -0.458 e. The topological polar surface area (TPSA) is 52.6 Å². The van der Waals surface area contributed by atoms with Gasteiger partial charge in [-0.1, -0.05) is 48.5 Å². The van der Waals surface area contributed by atoms with E-state index in [1.165, 1.54) is 6.08 Å². The number of carbonyl (C=O) groups excluding carboxylic acids is 2. The smallest absolute Gasteiger partial charge is 0.338 e. The summed E-state index contributed by atoms with van der Waals surface area (Å²) in [6, 6.07) is 18.1. The fraction of sp³-hybridized carbons (Fsp3) is 0.158. The molecule has 1 atom stereocenters. The highest BCUT2D eigenvalue weighted by atomic mass is 16.6. The first-order chi connectivity index (χ1) is 11.1. The van der Waals surface area contributed by atoms with Gasteiger partial charge in [-0.15, -0.1) is 0 Å². The number of rotatable bonds is 6. The summed E-state index contributed by atoms with van der Waals surface area (Å²) in [7, 11) is 0. The van der Waals surface area contributed by atoms with Crippen LogP contribution in [0.2, 0.25) is 0 Å². The molecule has 0 saturated carbocycles. The number of hydrogen-bond acceptors (Lipinski definition) is 4. The van der Waals surface area contributed by atoms with Crippen molar-refractivity contribution in [1.82, 2.24) is 0 Å². The number of benzene rings is 2. The molecule has 0 bridgehead atoms. The molecule has 0 radical (unpaired) electrons. The number of ether oxygens (including phenoxy) is 2. The zero-order chi connectivity index (χ0) is 16.5. The second-order valence-corrected chi connectivity index (χ2v) is 4.96. The predicted molar refractivity (Wildman–Crippen MR) is 87.8 cm³/mol. The van der Waals surface area contributed by atoms with Crippen molar-refractivity contribution in [3.05, 3.63) is 77.9 Å². The lowest BCUT2D eigenvalue weighted by molar-refractivity contribution is -0.144. The Balaban J connectivity index is 1.76. The van der Waals surface area contributed by atoms with Gasteiger partial charge in [0.15, 0.2) is 0 Å². The largest absolute Gasteiger partial charge is 0.458 e. The van der Waals surface area contributed by atoms with Gasteiger partial charge in [-0.25, -0.2) is 9.59 Å². The molecule has 0 aliphatic heterocycles. The first-order valence-electron chi connectivity index (χ1n) is 7.31. The molecule has 118 valence electrons. The van der Waals surface area contributed by atoms with Gasteiger partial charge in [0.1, 0.15) is 12.7 Å². The molecule has 0 aliphatic rings. The van der Waals surface area contributed by atoms with Crippen LogP contribution in [0.4, 0.5) is 0 Å². The maximum absolute atomic E-state index is 11.8. The lowest BCUT2D eigenvalue weighted by Gasteiger charge is -2.12. The van der Waals surface area contributed by atoms with Crippen LogP contribution in [-0.2, 0) is 14.3 Å². The van der Waals surface area contributed by atoms with E-state index in [1.54, 1.807) is 37.3 Å². The highest BCUT2D eigenvalue weighted by Gasteiger charge is 2.11. The molecule has 0 fully saturated rings. The Hall–Kier alpha value is -2.88. The minimum absolute atomic E-state index is 0.0125. The molecule has 0 aliphatic carbocycles. The Kier molecular flexibility index (Phi) is 6.12. The summed E-state index contributed by atoms with van der Waals surface area (Å²) in [5.74, 6) is -0.912. The van der Waals surface area contributed by atoms with Crippen molar-refractivity contribution in [1.29, 1.82) is 0 Å². The quantitative estimate of drug-likeness (QED) is 0.605. The molecule has 0 amide bonds. The molecule has 2 aromatic rings. The van der Waals surface area contributed by atoms with Crippen LogP contribution in [0.3, 0.4) is 0 Å². The third-order valence-electron chi connectivity index (χ3n) is 2.99. The fourth-order valence-electron chi connectivity index (χ4n) is 1.85. The Labute approximate surface area is 135 Å². The number of carbonyl (C=O) groups is 2. The van der Waals surface area contributed by atoms with Crippen molar-refractivity contribution in [3.8, 4) is 0 Å². The Morgan fingerprint density at radius 1 is 1.00 bits per heavy atom. The van der Waals surface area contributed by atoms with Gasteiger partial charge in [-0.2, -0.15) is 0 Å². The Bertz CT molecular complexity index is 662. The molecule has 0 spiro atoms. The molecule has 0 saturated heterocycles. The van der Waals surface area contributed by atoms with Gasteiger partial charge in [0.05, 0.1) is 5.56 Å². The molecule has 0 N–H and O–H groups in total. The molecule has 2 aromatic carbocycles. The molecule has 2 rings (SSSR count). The first-order valence-corrected chi connectivity index (χ1v) is 7.31. The summed E-state index contributed by atoms with van der Waals surface area (Å²) in [6.07, 6.45) is 2.51. The summed E-state index contributed by atoms with van der Waals surface area (Å²) in [4.78, 5) is 23.5.